The molecular formula is C13H14F3N3. The highest BCUT2D eigenvalue weighted by Crippen LogP contribution is 2.27. The van der Waals surface area contributed by atoms with Gasteiger partial charge in [0.05, 0.1) is 6.54 Å². The fourth-order valence-corrected chi connectivity index (χ4v) is 1.77. The lowest BCUT2D eigenvalue weighted by atomic mass is 10.1. The third kappa shape index (κ3) is 3.57. The lowest BCUT2D eigenvalue weighted by Crippen LogP contribution is -2.08. The molecule has 102 valence electrons. The predicted octanol–water partition coefficient (Wildman–Crippen LogP) is 2.45. The molecular weight excluding hydrogens is 255 g/mol. The van der Waals surface area contributed by atoms with Crippen molar-refractivity contribution in [2.24, 2.45) is 5.73 Å². The Morgan fingerprint density at radius 1 is 1.05 bits per heavy atom. The Kier molecular flexibility index (Phi) is 3.90. The molecule has 0 spiro atoms. The second-order valence-electron chi connectivity index (χ2n) is 4.25. The summed E-state index contributed by atoms with van der Waals surface area (Å²) in [6, 6.07) is 8.58. The summed E-state index contributed by atoms with van der Waals surface area (Å²) >= 11 is 0. The van der Waals surface area contributed by atoms with Crippen LogP contribution in [0.25, 0.3) is 0 Å². The molecule has 2 N–H and O–H groups in total. The van der Waals surface area contributed by atoms with E-state index in [9.17, 15) is 13.2 Å². The van der Waals surface area contributed by atoms with Gasteiger partial charge < -0.3 is 5.73 Å². The largest absolute Gasteiger partial charge is 0.435 e. The lowest BCUT2D eigenvalue weighted by molar-refractivity contribution is -0.141. The number of halogens is 3. The quantitative estimate of drug-likeness (QED) is 0.926. The van der Waals surface area contributed by atoms with Crippen LogP contribution in [0.3, 0.4) is 0 Å². The van der Waals surface area contributed by atoms with E-state index in [0.29, 0.717) is 13.1 Å². The van der Waals surface area contributed by atoms with Crippen molar-refractivity contribution in [1.82, 2.24) is 9.78 Å². The molecule has 0 aliphatic carbocycles. The van der Waals surface area contributed by atoms with Gasteiger partial charge in [0.15, 0.2) is 5.69 Å². The van der Waals surface area contributed by atoms with Gasteiger partial charge in [0.2, 0.25) is 0 Å². The number of rotatable bonds is 4. The van der Waals surface area contributed by atoms with Gasteiger partial charge in [-0.15, -0.1) is 0 Å². The van der Waals surface area contributed by atoms with E-state index in [1.165, 1.54) is 10.9 Å². The van der Waals surface area contributed by atoms with Crippen LogP contribution in [0.2, 0.25) is 0 Å². The number of nitrogens with two attached hydrogens (primary N) is 1. The lowest BCUT2D eigenvalue weighted by Gasteiger charge is -2.05. The van der Waals surface area contributed by atoms with Crippen molar-refractivity contribution >= 4 is 0 Å². The van der Waals surface area contributed by atoms with E-state index in [-0.39, 0.29) is 0 Å². The summed E-state index contributed by atoms with van der Waals surface area (Å²) in [5.41, 5.74) is 6.59. The van der Waals surface area contributed by atoms with Gasteiger partial charge in [-0.3, -0.25) is 4.68 Å². The zero-order valence-electron chi connectivity index (χ0n) is 10.2. The second kappa shape index (κ2) is 5.44. The van der Waals surface area contributed by atoms with Gasteiger partial charge in [-0.2, -0.15) is 18.3 Å². The molecule has 0 radical (unpaired) electrons. The Morgan fingerprint density at radius 2 is 1.68 bits per heavy atom. The van der Waals surface area contributed by atoms with E-state index in [4.69, 9.17) is 5.73 Å². The first-order chi connectivity index (χ1) is 8.99. The summed E-state index contributed by atoms with van der Waals surface area (Å²) in [6.07, 6.45) is -2.27. The smallest absolute Gasteiger partial charge is 0.330 e. The fraction of sp³-hybridized carbons (Fsp3) is 0.308. The number of alkyl halides is 3. The fourth-order valence-electron chi connectivity index (χ4n) is 1.77. The maximum Gasteiger partial charge on any atom is 0.435 e. The van der Waals surface area contributed by atoms with Crippen molar-refractivity contribution in [3.05, 3.63) is 53.3 Å². The molecule has 0 unspecified atom stereocenters. The van der Waals surface area contributed by atoms with Crippen molar-refractivity contribution in [3.8, 4) is 0 Å². The van der Waals surface area contributed by atoms with Gasteiger partial charge in [0, 0.05) is 6.20 Å². The van der Waals surface area contributed by atoms with E-state index in [2.05, 4.69) is 5.10 Å². The molecule has 0 saturated heterocycles. The zero-order valence-corrected chi connectivity index (χ0v) is 10.2. The summed E-state index contributed by atoms with van der Waals surface area (Å²) in [5, 5.41) is 3.51. The van der Waals surface area contributed by atoms with Crippen LogP contribution in [-0.2, 0) is 19.1 Å². The third-order valence-corrected chi connectivity index (χ3v) is 2.73. The van der Waals surface area contributed by atoms with Crippen molar-refractivity contribution < 1.29 is 13.2 Å². The highest BCUT2D eigenvalue weighted by molar-refractivity contribution is 5.23. The van der Waals surface area contributed by atoms with Crippen molar-refractivity contribution in [1.29, 1.82) is 0 Å². The summed E-state index contributed by atoms with van der Waals surface area (Å²) < 4.78 is 38.4. The van der Waals surface area contributed by atoms with Gasteiger partial charge in [0.25, 0.3) is 0 Å². The van der Waals surface area contributed by atoms with Crippen LogP contribution in [0.1, 0.15) is 16.8 Å². The molecule has 6 heteroatoms. The monoisotopic (exact) mass is 269 g/mol. The maximum absolute atomic E-state index is 12.4. The first-order valence-electron chi connectivity index (χ1n) is 5.87. The molecule has 0 fully saturated rings. The molecule has 1 aromatic heterocycles. The van der Waals surface area contributed by atoms with Crippen LogP contribution in [0.5, 0.6) is 0 Å². The van der Waals surface area contributed by atoms with Gasteiger partial charge in [-0.25, -0.2) is 0 Å². The van der Waals surface area contributed by atoms with E-state index in [1.54, 1.807) is 0 Å². The topological polar surface area (TPSA) is 43.8 Å². The molecule has 2 aromatic rings. The molecule has 0 aliphatic rings. The standard InChI is InChI=1S/C13H14F3N3/c14-13(15,16)12-6-8-19(18-12)9-11-3-1-10(2-4-11)5-7-17/h1-4,6,8H,5,7,9,17H2. The maximum atomic E-state index is 12.4. The minimum Gasteiger partial charge on any atom is -0.330 e. The molecule has 0 bridgehead atoms. The van der Waals surface area contributed by atoms with Gasteiger partial charge >= 0.3 is 6.18 Å². The van der Waals surface area contributed by atoms with Crippen LogP contribution in [-0.4, -0.2) is 16.3 Å². The third-order valence-electron chi connectivity index (χ3n) is 2.73. The first-order valence-corrected chi connectivity index (χ1v) is 5.87. The normalized spacial score (nSPS) is 11.8. The zero-order chi connectivity index (χ0) is 13.9. The number of nitrogens with zero attached hydrogens (tertiary/aromatic N) is 2. The highest BCUT2D eigenvalue weighted by atomic mass is 19.4. The van der Waals surface area contributed by atoms with E-state index in [1.807, 2.05) is 24.3 Å². The predicted molar refractivity (Wildman–Crippen MR) is 65.5 cm³/mol. The molecule has 0 aliphatic heterocycles. The number of benzene rings is 1. The molecule has 19 heavy (non-hydrogen) atoms. The Bertz CT molecular complexity index is 529. The molecule has 2 rings (SSSR count). The van der Waals surface area contributed by atoms with Crippen LogP contribution in [0, 0.1) is 0 Å². The Labute approximate surface area is 108 Å². The van der Waals surface area contributed by atoms with Crippen LogP contribution < -0.4 is 5.73 Å². The summed E-state index contributed by atoms with van der Waals surface area (Å²) in [4.78, 5) is 0. The molecule has 0 saturated carbocycles. The van der Waals surface area contributed by atoms with E-state index >= 15 is 0 Å². The summed E-state index contributed by atoms with van der Waals surface area (Å²) in [7, 11) is 0. The van der Waals surface area contributed by atoms with Crippen molar-refractivity contribution in [2.45, 2.75) is 19.1 Å². The van der Waals surface area contributed by atoms with Gasteiger partial charge in [-0.1, -0.05) is 24.3 Å². The van der Waals surface area contributed by atoms with Crippen LogP contribution in [0.4, 0.5) is 13.2 Å². The molecule has 0 amide bonds. The summed E-state index contributed by atoms with van der Waals surface area (Å²) in [6.45, 7) is 0.895. The molecule has 0 atom stereocenters. The second-order valence-corrected chi connectivity index (χ2v) is 4.25. The van der Waals surface area contributed by atoms with Gasteiger partial charge in [0.1, 0.15) is 0 Å². The highest BCUT2D eigenvalue weighted by Gasteiger charge is 2.33. The molecule has 1 aromatic carbocycles. The van der Waals surface area contributed by atoms with Crippen LogP contribution in [0.15, 0.2) is 36.5 Å². The minimum atomic E-state index is -4.39. The SMILES string of the molecule is NCCc1ccc(Cn2ccc(C(F)(F)F)n2)cc1. The minimum absolute atomic E-state index is 0.318. The average Bonchev–Trinajstić information content (AvgIpc) is 2.80. The average molecular weight is 269 g/mol. The number of hydrogen-bond donors (Lipinski definition) is 1. The van der Waals surface area contributed by atoms with Crippen molar-refractivity contribution in [2.75, 3.05) is 6.54 Å². The molecule has 1 heterocycles. The number of aromatic nitrogens is 2. The van der Waals surface area contributed by atoms with E-state index < -0.39 is 11.9 Å². The first kappa shape index (κ1) is 13.6. The van der Waals surface area contributed by atoms with Crippen molar-refractivity contribution in [3.63, 3.8) is 0 Å². The molecule has 3 nitrogen and oxygen atoms in total. The Hall–Kier alpha value is -1.82. The van der Waals surface area contributed by atoms with E-state index in [0.717, 1.165) is 23.6 Å². The number of hydrogen-bond acceptors (Lipinski definition) is 2. The van der Waals surface area contributed by atoms with Crippen LogP contribution >= 0.6 is 0 Å². The summed E-state index contributed by atoms with van der Waals surface area (Å²) in [5.74, 6) is 0. The Balaban J connectivity index is 2.06. The van der Waals surface area contributed by atoms with Gasteiger partial charge in [-0.05, 0) is 30.2 Å². The Morgan fingerprint density at radius 3 is 2.21 bits per heavy atom.